The van der Waals surface area contributed by atoms with E-state index in [2.05, 4.69) is 37.5 Å². The van der Waals surface area contributed by atoms with Crippen molar-refractivity contribution in [2.24, 2.45) is 0 Å². The molecule has 0 aromatic carbocycles. The minimum absolute atomic E-state index is 0.251. The molecule has 3 nitrogen and oxygen atoms in total. The van der Waals surface area contributed by atoms with Crippen molar-refractivity contribution in [3.05, 3.63) is 0 Å². The predicted molar refractivity (Wildman–Crippen MR) is 69.9 cm³/mol. The van der Waals surface area contributed by atoms with Gasteiger partial charge in [0.05, 0.1) is 0 Å². The van der Waals surface area contributed by atoms with Gasteiger partial charge in [-0.1, -0.05) is 0 Å². The molecule has 0 aromatic heterocycles. The zero-order chi connectivity index (χ0) is 12.6. The first-order chi connectivity index (χ1) is 7.92. The number of rotatable bonds is 4. The third kappa shape index (κ3) is 2.49. The SMILES string of the molecule is CC(C)N1C(=O)CCC1CC(C)(C)N1CCC1. The third-order valence-electron chi connectivity index (χ3n) is 4.38. The second-order valence-electron chi connectivity index (χ2n) is 6.44. The van der Waals surface area contributed by atoms with E-state index < -0.39 is 0 Å². The minimum Gasteiger partial charge on any atom is -0.337 e. The highest BCUT2D eigenvalue weighted by Crippen LogP contribution is 2.32. The number of carbonyl (C=O) groups is 1. The Hall–Kier alpha value is -0.570. The van der Waals surface area contributed by atoms with Crippen molar-refractivity contribution in [1.29, 1.82) is 0 Å². The van der Waals surface area contributed by atoms with Crippen LogP contribution in [0.3, 0.4) is 0 Å². The summed E-state index contributed by atoms with van der Waals surface area (Å²) < 4.78 is 0. The molecular formula is C14H26N2O. The molecule has 2 aliphatic rings. The topological polar surface area (TPSA) is 23.6 Å². The number of hydrogen-bond donors (Lipinski definition) is 0. The number of nitrogens with zero attached hydrogens (tertiary/aromatic N) is 2. The van der Waals surface area contributed by atoms with E-state index >= 15 is 0 Å². The molecule has 0 aliphatic carbocycles. The average Bonchev–Trinajstić information content (AvgIpc) is 2.41. The molecule has 1 amide bonds. The summed E-state index contributed by atoms with van der Waals surface area (Å²) in [5.41, 5.74) is 0.251. The lowest BCUT2D eigenvalue weighted by Gasteiger charge is -2.47. The quantitative estimate of drug-likeness (QED) is 0.750. The van der Waals surface area contributed by atoms with E-state index in [1.165, 1.54) is 19.5 Å². The van der Waals surface area contributed by atoms with Crippen LogP contribution >= 0.6 is 0 Å². The molecule has 2 saturated heterocycles. The summed E-state index contributed by atoms with van der Waals surface area (Å²) in [7, 11) is 0. The van der Waals surface area contributed by atoms with E-state index in [0.29, 0.717) is 18.0 Å². The number of likely N-dealkylation sites (tertiary alicyclic amines) is 2. The molecule has 2 rings (SSSR count). The van der Waals surface area contributed by atoms with Crippen LogP contribution in [0.15, 0.2) is 0 Å². The van der Waals surface area contributed by atoms with Gasteiger partial charge in [0.15, 0.2) is 0 Å². The molecule has 1 unspecified atom stereocenters. The molecule has 2 fully saturated rings. The fourth-order valence-corrected chi connectivity index (χ4v) is 3.30. The highest BCUT2D eigenvalue weighted by Gasteiger charge is 2.39. The van der Waals surface area contributed by atoms with E-state index in [9.17, 15) is 4.79 Å². The summed E-state index contributed by atoms with van der Waals surface area (Å²) in [6, 6.07) is 0.806. The van der Waals surface area contributed by atoms with E-state index in [-0.39, 0.29) is 5.54 Å². The summed E-state index contributed by atoms with van der Waals surface area (Å²) >= 11 is 0. The molecule has 0 aromatic rings. The van der Waals surface area contributed by atoms with Crippen molar-refractivity contribution < 1.29 is 4.79 Å². The average molecular weight is 238 g/mol. The monoisotopic (exact) mass is 238 g/mol. The highest BCUT2D eigenvalue weighted by molar-refractivity contribution is 5.79. The Morgan fingerprint density at radius 2 is 2.00 bits per heavy atom. The standard InChI is InChI=1S/C14H26N2O/c1-11(2)16-12(6-7-13(16)17)10-14(3,4)15-8-5-9-15/h11-12H,5-10H2,1-4H3. The van der Waals surface area contributed by atoms with Gasteiger partial charge < -0.3 is 4.90 Å². The van der Waals surface area contributed by atoms with Crippen molar-refractivity contribution in [3.63, 3.8) is 0 Å². The Morgan fingerprint density at radius 3 is 2.47 bits per heavy atom. The molecule has 1 atom stereocenters. The lowest BCUT2D eigenvalue weighted by Crippen LogP contribution is -2.54. The number of carbonyl (C=O) groups excluding carboxylic acids is 1. The van der Waals surface area contributed by atoms with Crippen molar-refractivity contribution in [2.75, 3.05) is 13.1 Å². The zero-order valence-corrected chi connectivity index (χ0v) is 11.7. The first kappa shape index (κ1) is 12.9. The van der Waals surface area contributed by atoms with Gasteiger partial charge in [0.2, 0.25) is 5.91 Å². The van der Waals surface area contributed by atoms with E-state index in [1.807, 2.05) is 0 Å². The van der Waals surface area contributed by atoms with E-state index in [1.54, 1.807) is 0 Å². The number of amides is 1. The van der Waals surface area contributed by atoms with Crippen LogP contribution in [0.5, 0.6) is 0 Å². The maximum absolute atomic E-state index is 11.9. The number of hydrogen-bond acceptors (Lipinski definition) is 2. The molecule has 98 valence electrons. The van der Waals surface area contributed by atoms with Crippen molar-refractivity contribution in [3.8, 4) is 0 Å². The lowest BCUT2D eigenvalue weighted by molar-refractivity contribution is -0.131. The van der Waals surface area contributed by atoms with Gasteiger partial charge in [0.25, 0.3) is 0 Å². The summed E-state index contributed by atoms with van der Waals surface area (Å²) in [4.78, 5) is 16.5. The zero-order valence-electron chi connectivity index (χ0n) is 11.7. The normalized spacial score (nSPS) is 26.8. The second kappa shape index (κ2) is 4.60. The molecular weight excluding hydrogens is 212 g/mol. The van der Waals surface area contributed by atoms with Crippen LogP contribution in [0.1, 0.15) is 53.4 Å². The summed E-state index contributed by atoms with van der Waals surface area (Å²) in [5.74, 6) is 0.351. The van der Waals surface area contributed by atoms with Gasteiger partial charge in [-0.15, -0.1) is 0 Å². The molecule has 0 spiro atoms. The Kier molecular flexibility index (Phi) is 3.48. The van der Waals surface area contributed by atoms with Gasteiger partial charge >= 0.3 is 0 Å². The maximum atomic E-state index is 11.9. The Bertz CT molecular complexity index is 295. The maximum Gasteiger partial charge on any atom is 0.223 e. The van der Waals surface area contributed by atoms with Crippen LogP contribution in [0.4, 0.5) is 0 Å². The largest absolute Gasteiger partial charge is 0.337 e. The predicted octanol–water partition coefficient (Wildman–Crippen LogP) is 2.26. The molecule has 0 bridgehead atoms. The molecule has 3 heteroatoms. The van der Waals surface area contributed by atoms with Crippen LogP contribution in [-0.2, 0) is 4.79 Å². The summed E-state index contributed by atoms with van der Waals surface area (Å²) in [6.45, 7) is 11.4. The van der Waals surface area contributed by atoms with Crippen LogP contribution < -0.4 is 0 Å². The fourth-order valence-electron chi connectivity index (χ4n) is 3.30. The van der Waals surface area contributed by atoms with Crippen LogP contribution in [0.25, 0.3) is 0 Å². The lowest BCUT2D eigenvalue weighted by atomic mass is 9.89. The molecule has 2 heterocycles. The van der Waals surface area contributed by atoms with Gasteiger partial charge in [-0.25, -0.2) is 0 Å². The molecule has 0 radical (unpaired) electrons. The molecule has 2 aliphatic heterocycles. The summed E-state index contributed by atoms with van der Waals surface area (Å²) in [5, 5.41) is 0. The van der Waals surface area contributed by atoms with Gasteiger partial charge in [-0.05, 0) is 60.0 Å². The first-order valence-corrected chi connectivity index (χ1v) is 6.98. The molecule has 0 saturated carbocycles. The second-order valence-corrected chi connectivity index (χ2v) is 6.44. The third-order valence-corrected chi connectivity index (χ3v) is 4.38. The smallest absolute Gasteiger partial charge is 0.223 e. The van der Waals surface area contributed by atoms with Gasteiger partial charge in [-0.3, -0.25) is 9.69 Å². The van der Waals surface area contributed by atoms with Crippen molar-refractivity contribution in [2.45, 2.75) is 71.0 Å². The minimum atomic E-state index is 0.251. The Morgan fingerprint density at radius 1 is 1.35 bits per heavy atom. The van der Waals surface area contributed by atoms with Crippen LogP contribution in [0.2, 0.25) is 0 Å². The highest BCUT2D eigenvalue weighted by atomic mass is 16.2. The van der Waals surface area contributed by atoms with E-state index in [0.717, 1.165) is 19.3 Å². The van der Waals surface area contributed by atoms with Crippen molar-refractivity contribution >= 4 is 5.91 Å². The first-order valence-electron chi connectivity index (χ1n) is 6.98. The van der Waals surface area contributed by atoms with Gasteiger partial charge in [0.1, 0.15) is 0 Å². The van der Waals surface area contributed by atoms with Crippen LogP contribution in [-0.4, -0.2) is 46.4 Å². The van der Waals surface area contributed by atoms with Gasteiger partial charge in [0, 0.05) is 24.0 Å². The van der Waals surface area contributed by atoms with Crippen LogP contribution in [0, 0.1) is 0 Å². The molecule has 17 heavy (non-hydrogen) atoms. The Labute approximate surface area is 105 Å². The molecule has 0 N–H and O–H groups in total. The van der Waals surface area contributed by atoms with E-state index in [4.69, 9.17) is 0 Å². The van der Waals surface area contributed by atoms with Gasteiger partial charge in [-0.2, -0.15) is 0 Å². The van der Waals surface area contributed by atoms with Crippen molar-refractivity contribution in [1.82, 2.24) is 9.80 Å². The summed E-state index contributed by atoms with van der Waals surface area (Å²) in [6.07, 6.45) is 4.26. The fraction of sp³-hybridized carbons (Fsp3) is 0.929. The Balaban J connectivity index is 2.00.